The summed E-state index contributed by atoms with van der Waals surface area (Å²) in [4.78, 5) is 4.40. The second kappa shape index (κ2) is 8.75. The van der Waals surface area contributed by atoms with Gasteiger partial charge in [0.25, 0.3) is 0 Å². The van der Waals surface area contributed by atoms with E-state index >= 15 is 0 Å². The Morgan fingerprint density at radius 3 is 2.43 bits per heavy atom. The largest absolute Gasteiger partial charge is 0.493 e. The van der Waals surface area contributed by atoms with Crippen molar-refractivity contribution in [2.24, 2.45) is 0 Å². The molecule has 2 aromatic carbocycles. The summed E-state index contributed by atoms with van der Waals surface area (Å²) in [5.41, 5.74) is 3.84. The molecule has 0 aromatic heterocycles. The molecule has 0 spiro atoms. The van der Waals surface area contributed by atoms with E-state index in [4.69, 9.17) is 16.3 Å². The maximum Gasteiger partial charge on any atom is 0.123 e. The minimum absolute atomic E-state index is 0.0215. The average molecular weight is 401 g/mol. The van der Waals surface area contributed by atoms with E-state index in [-0.39, 0.29) is 5.41 Å². The van der Waals surface area contributed by atoms with Gasteiger partial charge in [0.15, 0.2) is 0 Å². The summed E-state index contributed by atoms with van der Waals surface area (Å²) < 4.78 is 6.16. The molecule has 0 unspecified atom stereocenters. The summed E-state index contributed by atoms with van der Waals surface area (Å²) in [5.74, 6) is 1.38. The van der Waals surface area contributed by atoms with Crippen LogP contribution in [0.4, 0.5) is 5.69 Å². The number of hydrogen-bond donors (Lipinski definition) is 0. The normalized spacial score (nSPS) is 21.8. The third-order valence-corrected chi connectivity index (χ3v) is 6.34. The molecule has 1 heterocycles. The molecular weight excluding hydrogens is 368 g/mol. The molecule has 0 saturated carbocycles. The number of anilines is 1. The Morgan fingerprint density at radius 1 is 1.07 bits per heavy atom. The maximum atomic E-state index is 6.42. The van der Waals surface area contributed by atoms with Crippen molar-refractivity contribution < 1.29 is 4.74 Å². The van der Waals surface area contributed by atoms with E-state index in [0.717, 1.165) is 43.2 Å². The van der Waals surface area contributed by atoms with E-state index < -0.39 is 0 Å². The quantitative estimate of drug-likeness (QED) is 0.630. The van der Waals surface area contributed by atoms with Crippen molar-refractivity contribution in [2.75, 3.05) is 46.2 Å². The summed E-state index contributed by atoms with van der Waals surface area (Å²) in [5, 5.41) is 0.782. The van der Waals surface area contributed by atoms with Gasteiger partial charge in [0.1, 0.15) is 5.75 Å². The van der Waals surface area contributed by atoms with Gasteiger partial charge in [-0.1, -0.05) is 30.7 Å². The first-order valence-electron chi connectivity index (χ1n) is 10.2. The Labute approximate surface area is 175 Å². The first-order valence-corrected chi connectivity index (χ1v) is 10.5. The predicted octanol–water partition coefficient (Wildman–Crippen LogP) is 5.57. The molecule has 3 rings (SSSR count). The van der Waals surface area contributed by atoms with Gasteiger partial charge >= 0.3 is 0 Å². The maximum absolute atomic E-state index is 6.42. The van der Waals surface area contributed by atoms with E-state index in [1.165, 1.54) is 16.8 Å². The van der Waals surface area contributed by atoms with Crippen LogP contribution in [0.3, 0.4) is 0 Å². The molecule has 152 valence electrons. The van der Waals surface area contributed by atoms with Gasteiger partial charge < -0.3 is 14.5 Å². The van der Waals surface area contributed by atoms with Gasteiger partial charge in [0.05, 0.1) is 6.61 Å². The predicted molar refractivity (Wildman–Crippen MR) is 120 cm³/mol. The van der Waals surface area contributed by atoms with E-state index in [1.807, 2.05) is 12.1 Å². The van der Waals surface area contributed by atoms with Crippen LogP contribution in [0.15, 0.2) is 42.5 Å². The molecule has 0 radical (unpaired) electrons. The number of halogens is 1. The lowest BCUT2D eigenvalue weighted by molar-refractivity contribution is 0.280. The standard InChI is InChI=1S/C24H33ClN2O/c1-24(14-6-15-26(2)3)21(18-7-10-20(11-8-18)27(4)5)13-16-28-23-12-9-19(25)17-22(23)24/h7-12,17,21H,6,13-16H2,1-5H3/t21-,24-/m1/s1. The van der Waals surface area contributed by atoms with Crippen molar-refractivity contribution in [1.29, 1.82) is 0 Å². The zero-order chi connectivity index (χ0) is 20.3. The number of nitrogens with zero attached hydrogens (tertiary/aromatic N) is 2. The molecule has 0 N–H and O–H groups in total. The lowest BCUT2D eigenvalue weighted by Gasteiger charge is -2.38. The van der Waals surface area contributed by atoms with Gasteiger partial charge in [-0.2, -0.15) is 0 Å². The number of hydrogen-bond acceptors (Lipinski definition) is 3. The van der Waals surface area contributed by atoms with Gasteiger partial charge in [-0.05, 0) is 81.7 Å². The second-order valence-electron chi connectivity index (χ2n) is 8.64. The number of ether oxygens (including phenoxy) is 1. The summed E-state index contributed by atoms with van der Waals surface area (Å²) in [6.07, 6.45) is 3.25. The van der Waals surface area contributed by atoms with Gasteiger partial charge in [0, 0.05) is 35.8 Å². The number of rotatable bonds is 6. The van der Waals surface area contributed by atoms with Crippen LogP contribution < -0.4 is 9.64 Å². The molecular formula is C24H33ClN2O. The van der Waals surface area contributed by atoms with Crippen LogP contribution in [-0.4, -0.2) is 46.2 Å². The summed E-state index contributed by atoms with van der Waals surface area (Å²) in [6.45, 7) is 4.22. The van der Waals surface area contributed by atoms with Crippen LogP contribution in [0.1, 0.15) is 43.2 Å². The molecule has 1 aliphatic heterocycles. The first kappa shape index (κ1) is 21.0. The molecule has 2 aromatic rings. The third-order valence-electron chi connectivity index (χ3n) is 6.10. The molecule has 0 aliphatic carbocycles. The van der Waals surface area contributed by atoms with Crippen LogP contribution in [0.5, 0.6) is 5.75 Å². The van der Waals surface area contributed by atoms with Crippen molar-refractivity contribution in [2.45, 2.75) is 37.5 Å². The Kier molecular flexibility index (Phi) is 6.57. The highest BCUT2D eigenvalue weighted by molar-refractivity contribution is 6.30. The van der Waals surface area contributed by atoms with Crippen LogP contribution in [-0.2, 0) is 5.41 Å². The number of fused-ring (bicyclic) bond motifs is 1. The van der Waals surface area contributed by atoms with Crippen LogP contribution in [0, 0.1) is 0 Å². The molecule has 2 atom stereocenters. The zero-order valence-corrected chi connectivity index (χ0v) is 18.6. The van der Waals surface area contributed by atoms with Crippen molar-refractivity contribution in [3.05, 3.63) is 58.6 Å². The van der Waals surface area contributed by atoms with Gasteiger partial charge in [-0.25, -0.2) is 0 Å². The Bertz CT molecular complexity index is 788. The first-order chi connectivity index (χ1) is 13.3. The molecule has 0 fully saturated rings. The minimum Gasteiger partial charge on any atom is -0.493 e. The minimum atomic E-state index is -0.0215. The van der Waals surface area contributed by atoms with Crippen molar-refractivity contribution >= 4 is 17.3 Å². The third kappa shape index (κ3) is 4.47. The zero-order valence-electron chi connectivity index (χ0n) is 17.8. The molecule has 0 saturated heterocycles. The summed E-state index contributed by atoms with van der Waals surface area (Å²) in [6, 6.07) is 15.1. The van der Waals surface area contributed by atoms with Gasteiger partial charge in [-0.3, -0.25) is 0 Å². The fourth-order valence-corrected chi connectivity index (χ4v) is 4.65. The highest BCUT2D eigenvalue weighted by Gasteiger charge is 2.40. The van der Waals surface area contributed by atoms with E-state index in [2.05, 4.69) is 75.2 Å². The van der Waals surface area contributed by atoms with E-state index in [9.17, 15) is 0 Å². The SMILES string of the molecule is CN(C)CCC[C@@]1(C)c2cc(Cl)ccc2OCC[C@@H]1c1ccc(N(C)C)cc1. The van der Waals surface area contributed by atoms with Gasteiger partial charge in [-0.15, -0.1) is 0 Å². The lowest BCUT2D eigenvalue weighted by Crippen LogP contribution is -2.31. The van der Waals surface area contributed by atoms with Crippen LogP contribution in [0.2, 0.25) is 5.02 Å². The fourth-order valence-electron chi connectivity index (χ4n) is 4.48. The van der Waals surface area contributed by atoms with Crippen molar-refractivity contribution in [3.63, 3.8) is 0 Å². The van der Waals surface area contributed by atoms with Crippen molar-refractivity contribution in [3.8, 4) is 5.75 Å². The van der Waals surface area contributed by atoms with E-state index in [0.29, 0.717) is 5.92 Å². The average Bonchev–Trinajstić information content (AvgIpc) is 2.79. The Morgan fingerprint density at radius 2 is 1.79 bits per heavy atom. The highest BCUT2D eigenvalue weighted by Crippen LogP contribution is 2.50. The molecule has 1 aliphatic rings. The van der Waals surface area contributed by atoms with Crippen LogP contribution >= 0.6 is 11.6 Å². The fraction of sp³-hybridized carbons (Fsp3) is 0.500. The molecule has 0 bridgehead atoms. The van der Waals surface area contributed by atoms with E-state index in [1.54, 1.807) is 0 Å². The number of benzene rings is 2. The smallest absolute Gasteiger partial charge is 0.123 e. The highest BCUT2D eigenvalue weighted by atomic mass is 35.5. The van der Waals surface area contributed by atoms with Crippen molar-refractivity contribution in [1.82, 2.24) is 4.90 Å². The molecule has 4 heteroatoms. The second-order valence-corrected chi connectivity index (χ2v) is 9.08. The van der Waals surface area contributed by atoms with Crippen LogP contribution in [0.25, 0.3) is 0 Å². The summed E-state index contributed by atoms with van der Waals surface area (Å²) >= 11 is 6.42. The molecule has 28 heavy (non-hydrogen) atoms. The Balaban J connectivity index is 2.02. The monoisotopic (exact) mass is 400 g/mol. The molecule has 0 amide bonds. The summed E-state index contributed by atoms with van der Waals surface area (Å²) in [7, 11) is 8.44. The molecule has 3 nitrogen and oxygen atoms in total. The lowest BCUT2D eigenvalue weighted by atomic mass is 9.65. The Hall–Kier alpha value is -1.71. The topological polar surface area (TPSA) is 15.7 Å². The van der Waals surface area contributed by atoms with Gasteiger partial charge in [0.2, 0.25) is 0 Å².